The molecule has 4 nitrogen and oxygen atoms in total. The van der Waals surface area contributed by atoms with Gasteiger partial charge in [-0.3, -0.25) is 4.90 Å². The van der Waals surface area contributed by atoms with E-state index in [0.717, 1.165) is 50.7 Å². The first-order valence-corrected chi connectivity index (χ1v) is 10.8. The van der Waals surface area contributed by atoms with Crippen molar-refractivity contribution in [2.24, 2.45) is 0 Å². The number of aliphatic hydroxyl groups excluding tert-OH is 1. The van der Waals surface area contributed by atoms with E-state index in [4.69, 9.17) is 11.6 Å². The number of para-hydroxylation sites is 1. The van der Waals surface area contributed by atoms with Gasteiger partial charge in [0.25, 0.3) is 0 Å². The van der Waals surface area contributed by atoms with Gasteiger partial charge in [0.2, 0.25) is 0 Å². The molecule has 4 rings (SSSR count). The van der Waals surface area contributed by atoms with Gasteiger partial charge in [-0.15, -0.1) is 0 Å². The van der Waals surface area contributed by atoms with Gasteiger partial charge in [-0.1, -0.05) is 35.5 Å². The summed E-state index contributed by atoms with van der Waals surface area (Å²) >= 11 is 8.11. The largest absolute Gasteiger partial charge is 0.379 e. The van der Waals surface area contributed by atoms with Crippen LogP contribution in [0.5, 0.6) is 0 Å². The average Bonchev–Trinajstić information content (AvgIpc) is 2.68. The van der Waals surface area contributed by atoms with Crippen molar-refractivity contribution in [2.45, 2.75) is 29.4 Å². The van der Waals surface area contributed by atoms with E-state index in [-0.39, 0.29) is 6.23 Å². The normalized spacial score (nSPS) is 18.9. The molecule has 0 aromatic heterocycles. The molecule has 0 radical (unpaired) electrons. The van der Waals surface area contributed by atoms with Crippen LogP contribution in [0.4, 0.5) is 11.4 Å². The minimum atomic E-state index is -0.337. The molecular formula is C21H26ClN3OS. The molecule has 6 heteroatoms. The maximum atomic E-state index is 9.71. The third kappa shape index (κ3) is 4.28. The van der Waals surface area contributed by atoms with Crippen LogP contribution < -0.4 is 4.90 Å². The highest BCUT2D eigenvalue weighted by Gasteiger charge is 2.24. The zero-order valence-corrected chi connectivity index (χ0v) is 17.2. The molecule has 0 spiro atoms. The number of benzene rings is 2. The summed E-state index contributed by atoms with van der Waals surface area (Å²) in [6.07, 6.45) is 0.760. The molecule has 2 aromatic carbocycles. The molecule has 2 heterocycles. The number of fused-ring (bicyclic) bond motifs is 2. The Balaban J connectivity index is 1.42. The fourth-order valence-electron chi connectivity index (χ4n) is 3.86. The molecule has 1 saturated heterocycles. The predicted molar refractivity (Wildman–Crippen MR) is 113 cm³/mol. The lowest BCUT2D eigenvalue weighted by molar-refractivity contribution is -0.0127. The quantitative estimate of drug-likeness (QED) is 0.804. The first-order valence-electron chi connectivity index (χ1n) is 9.60. The molecule has 144 valence electrons. The number of anilines is 2. The Morgan fingerprint density at radius 1 is 1.00 bits per heavy atom. The van der Waals surface area contributed by atoms with Crippen LogP contribution in [0.3, 0.4) is 0 Å². The van der Waals surface area contributed by atoms with Crippen molar-refractivity contribution in [3.05, 3.63) is 47.5 Å². The highest BCUT2D eigenvalue weighted by Crippen LogP contribution is 2.48. The second-order valence-corrected chi connectivity index (χ2v) is 8.72. The number of piperazine rings is 1. The number of hydrogen-bond acceptors (Lipinski definition) is 5. The van der Waals surface area contributed by atoms with E-state index in [2.05, 4.69) is 51.1 Å². The second-order valence-electron chi connectivity index (χ2n) is 7.20. The first-order chi connectivity index (χ1) is 13.1. The van der Waals surface area contributed by atoms with Crippen molar-refractivity contribution in [3.8, 4) is 0 Å². The summed E-state index contributed by atoms with van der Waals surface area (Å²) in [5, 5.41) is 10.5. The Bertz CT molecular complexity index is 793. The number of nitrogens with zero attached hydrogens (tertiary/aromatic N) is 3. The van der Waals surface area contributed by atoms with Gasteiger partial charge in [0.05, 0.1) is 11.4 Å². The van der Waals surface area contributed by atoms with Crippen molar-refractivity contribution in [1.29, 1.82) is 0 Å². The van der Waals surface area contributed by atoms with E-state index < -0.39 is 0 Å². The van der Waals surface area contributed by atoms with Crippen LogP contribution in [0.15, 0.2) is 52.3 Å². The molecule has 2 aromatic rings. The Hall–Kier alpha value is -1.24. The highest BCUT2D eigenvalue weighted by molar-refractivity contribution is 7.99. The standard InChI is InChI=1S/C21H26ClN3OS/c1-16(26)24-13-11-23(12-14-24)9-4-10-25-18-5-2-3-6-20(18)27-21-8-7-17(22)15-19(21)25/h2-3,5-8,15-16,26H,4,9-14H2,1H3. The van der Waals surface area contributed by atoms with E-state index in [1.807, 2.05) is 24.8 Å². The molecule has 1 atom stereocenters. The van der Waals surface area contributed by atoms with Crippen molar-refractivity contribution >= 4 is 34.7 Å². The highest BCUT2D eigenvalue weighted by atomic mass is 35.5. The van der Waals surface area contributed by atoms with Crippen LogP contribution in [0.2, 0.25) is 5.02 Å². The zero-order chi connectivity index (χ0) is 18.8. The summed E-state index contributed by atoms with van der Waals surface area (Å²) in [6, 6.07) is 14.8. The third-order valence-corrected chi connectivity index (χ3v) is 6.74. The van der Waals surface area contributed by atoms with Gasteiger partial charge in [-0.05, 0) is 50.2 Å². The predicted octanol–water partition coefficient (Wildman–Crippen LogP) is 4.29. The van der Waals surface area contributed by atoms with Crippen molar-refractivity contribution in [3.63, 3.8) is 0 Å². The monoisotopic (exact) mass is 403 g/mol. The van der Waals surface area contributed by atoms with Crippen LogP contribution in [-0.4, -0.2) is 60.4 Å². The molecule has 27 heavy (non-hydrogen) atoms. The summed E-state index contributed by atoms with van der Waals surface area (Å²) in [7, 11) is 0. The van der Waals surface area contributed by atoms with Crippen LogP contribution in [0.25, 0.3) is 0 Å². The maximum Gasteiger partial charge on any atom is 0.104 e. The number of rotatable bonds is 5. The fourth-order valence-corrected chi connectivity index (χ4v) is 5.10. The van der Waals surface area contributed by atoms with Gasteiger partial charge in [-0.2, -0.15) is 0 Å². The van der Waals surface area contributed by atoms with Gasteiger partial charge < -0.3 is 14.9 Å². The van der Waals surface area contributed by atoms with E-state index in [0.29, 0.717) is 0 Å². The summed E-state index contributed by atoms with van der Waals surface area (Å²) in [5.41, 5.74) is 2.49. The lowest BCUT2D eigenvalue weighted by atomic mass is 10.2. The SMILES string of the molecule is CC(O)N1CCN(CCCN2c3ccccc3Sc3ccc(Cl)cc32)CC1. The van der Waals surface area contributed by atoms with Crippen molar-refractivity contribution in [1.82, 2.24) is 9.80 Å². The van der Waals surface area contributed by atoms with Gasteiger partial charge in [0.1, 0.15) is 6.23 Å². The first kappa shape index (κ1) is 19.1. The van der Waals surface area contributed by atoms with E-state index >= 15 is 0 Å². The van der Waals surface area contributed by atoms with Crippen LogP contribution in [0.1, 0.15) is 13.3 Å². The van der Waals surface area contributed by atoms with E-state index in [9.17, 15) is 5.11 Å². The van der Waals surface area contributed by atoms with Crippen molar-refractivity contribution in [2.75, 3.05) is 44.2 Å². The smallest absolute Gasteiger partial charge is 0.104 e. The molecule has 1 unspecified atom stereocenters. The summed E-state index contributed by atoms with van der Waals surface area (Å²) < 4.78 is 0. The van der Waals surface area contributed by atoms with E-state index in [1.54, 1.807) is 0 Å². The summed E-state index contributed by atoms with van der Waals surface area (Å²) in [5.74, 6) is 0. The molecule has 2 aliphatic rings. The summed E-state index contributed by atoms with van der Waals surface area (Å²) in [4.78, 5) is 9.62. The van der Waals surface area contributed by atoms with Crippen LogP contribution in [0, 0.1) is 0 Å². The van der Waals surface area contributed by atoms with Gasteiger partial charge in [0, 0.05) is 47.5 Å². The topological polar surface area (TPSA) is 30.0 Å². The lowest BCUT2D eigenvalue weighted by Gasteiger charge is -2.37. The fraction of sp³-hybridized carbons (Fsp3) is 0.429. The number of aliphatic hydroxyl groups is 1. The molecule has 0 bridgehead atoms. The minimum absolute atomic E-state index is 0.337. The number of hydrogen-bond donors (Lipinski definition) is 1. The molecule has 0 saturated carbocycles. The Labute approximate surface area is 170 Å². The van der Waals surface area contributed by atoms with Gasteiger partial charge in [-0.25, -0.2) is 0 Å². The van der Waals surface area contributed by atoms with Gasteiger partial charge in [0.15, 0.2) is 0 Å². The molecular weight excluding hydrogens is 378 g/mol. The third-order valence-electron chi connectivity index (χ3n) is 5.38. The van der Waals surface area contributed by atoms with Crippen LogP contribution >= 0.6 is 23.4 Å². The van der Waals surface area contributed by atoms with E-state index in [1.165, 1.54) is 21.2 Å². The van der Waals surface area contributed by atoms with Crippen LogP contribution in [-0.2, 0) is 0 Å². The average molecular weight is 404 g/mol. The second kappa shape index (κ2) is 8.41. The summed E-state index contributed by atoms with van der Waals surface area (Å²) in [6.45, 7) is 7.85. The maximum absolute atomic E-state index is 9.71. The molecule has 1 N–H and O–H groups in total. The lowest BCUT2D eigenvalue weighted by Crippen LogP contribution is -2.49. The molecule has 1 fully saturated rings. The Morgan fingerprint density at radius 2 is 1.74 bits per heavy atom. The molecule has 2 aliphatic heterocycles. The minimum Gasteiger partial charge on any atom is -0.379 e. The molecule has 0 aliphatic carbocycles. The Kier molecular flexibility index (Phi) is 5.95. The Morgan fingerprint density at radius 3 is 2.52 bits per heavy atom. The van der Waals surface area contributed by atoms with Gasteiger partial charge >= 0.3 is 0 Å². The molecule has 0 amide bonds. The van der Waals surface area contributed by atoms with Crippen molar-refractivity contribution < 1.29 is 5.11 Å². The number of halogens is 1. The zero-order valence-electron chi connectivity index (χ0n) is 15.6.